The number of rotatable bonds is 7. The summed E-state index contributed by atoms with van der Waals surface area (Å²) in [6.45, 7) is 16.9. The lowest BCUT2D eigenvalue weighted by Crippen LogP contribution is -2.06. The minimum Gasteiger partial charge on any atom is -0.290 e. The number of hydrogen-bond donors (Lipinski definition) is 0. The Kier molecular flexibility index (Phi) is 6.23. The van der Waals surface area contributed by atoms with E-state index in [9.17, 15) is 0 Å². The third-order valence-electron chi connectivity index (χ3n) is 4.91. The van der Waals surface area contributed by atoms with Crippen LogP contribution in [0.25, 0.3) is 11.4 Å². The highest BCUT2D eigenvalue weighted by atomic mass is 15.1. The predicted octanol–water partition coefficient (Wildman–Crippen LogP) is 6.29. The van der Waals surface area contributed by atoms with Crippen molar-refractivity contribution in [3.63, 3.8) is 0 Å². The molecule has 1 aromatic carbocycles. The van der Waals surface area contributed by atoms with E-state index in [1.165, 1.54) is 11.1 Å². The van der Waals surface area contributed by atoms with Gasteiger partial charge in [0, 0.05) is 29.7 Å². The molecule has 2 heterocycles. The summed E-state index contributed by atoms with van der Waals surface area (Å²) >= 11 is 0. The second-order valence-electron chi connectivity index (χ2n) is 7.41. The molecule has 0 saturated carbocycles. The molecule has 0 unspecified atom stereocenters. The Hall–Kier alpha value is -3.27. The summed E-state index contributed by atoms with van der Waals surface area (Å²) in [5, 5.41) is 0. The summed E-state index contributed by atoms with van der Waals surface area (Å²) in [4.78, 5) is 13.7. The van der Waals surface area contributed by atoms with Gasteiger partial charge in [-0.05, 0) is 60.2 Å². The van der Waals surface area contributed by atoms with Crippen LogP contribution in [0, 0.1) is 0 Å². The van der Waals surface area contributed by atoms with Gasteiger partial charge < -0.3 is 0 Å². The van der Waals surface area contributed by atoms with Gasteiger partial charge in [0.25, 0.3) is 0 Å². The van der Waals surface area contributed by atoms with Gasteiger partial charge in [-0.15, -0.1) is 0 Å². The first-order valence-corrected chi connectivity index (χ1v) is 9.93. The lowest BCUT2D eigenvalue weighted by Gasteiger charge is -2.18. The van der Waals surface area contributed by atoms with E-state index in [0.717, 1.165) is 40.3 Å². The van der Waals surface area contributed by atoms with Gasteiger partial charge >= 0.3 is 0 Å². The van der Waals surface area contributed by atoms with Crippen molar-refractivity contribution in [1.82, 2.24) is 14.5 Å². The van der Waals surface area contributed by atoms with Crippen LogP contribution in [0.3, 0.4) is 0 Å². The molecule has 0 bridgehead atoms. The highest BCUT2D eigenvalue weighted by molar-refractivity contribution is 6.11. The molecule has 29 heavy (non-hydrogen) atoms. The predicted molar refractivity (Wildman–Crippen MR) is 122 cm³/mol. The number of benzene rings is 1. The van der Waals surface area contributed by atoms with Gasteiger partial charge in [-0.3, -0.25) is 4.57 Å². The summed E-state index contributed by atoms with van der Waals surface area (Å²) < 4.78 is 1.88. The summed E-state index contributed by atoms with van der Waals surface area (Å²) in [6.07, 6.45) is 9.86. The topological polar surface area (TPSA) is 43.1 Å². The van der Waals surface area contributed by atoms with Crippen LogP contribution in [0.2, 0.25) is 0 Å². The average molecular weight is 385 g/mol. The standard InChI is InChI=1S/C25H28N4/c1-7-19-14-21(17(3)4)24(18(5)6)23(15-19)28-22(8-2)20-10-9-11-27-25(20)29-13-12-26-16-29/h8-17H,2,5,7H2,1,3-4,6H3. The summed E-state index contributed by atoms with van der Waals surface area (Å²) in [6, 6.07) is 8.36. The van der Waals surface area contributed by atoms with E-state index in [0.29, 0.717) is 5.92 Å². The van der Waals surface area contributed by atoms with Crippen molar-refractivity contribution in [2.24, 2.45) is 4.99 Å². The van der Waals surface area contributed by atoms with E-state index in [1.54, 1.807) is 24.8 Å². The van der Waals surface area contributed by atoms with E-state index in [1.807, 2.05) is 29.8 Å². The highest BCUT2D eigenvalue weighted by Gasteiger charge is 2.16. The van der Waals surface area contributed by atoms with Crippen molar-refractivity contribution in [2.45, 2.75) is 40.0 Å². The van der Waals surface area contributed by atoms with Gasteiger partial charge in [0.1, 0.15) is 12.1 Å². The van der Waals surface area contributed by atoms with Crippen LogP contribution in [0.15, 0.2) is 73.4 Å². The SMILES string of the molecule is C=CC(=Nc1cc(CC)cc(C(C)C)c1C(=C)C)c1cccnc1-n1ccnc1. The normalized spacial score (nSPS) is 11.7. The third kappa shape index (κ3) is 4.27. The van der Waals surface area contributed by atoms with Crippen LogP contribution in [0.5, 0.6) is 0 Å². The molecule has 3 rings (SSSR count). The zero-order chi connectivity index (χ0) is 21.0. The quantitative estimate of drug-likeness (QED) is 0.449. The number of hydrogen-bond acceptors (Lipinski definition) is 3. The van der Waals surface area contributed by atoms with Gasteiger partial charge in [0.05, 0.1) is 11.4 Å². The summed E-state index contributed by atoms with van der Waals surface area (Å²) in [5.41, 5.74) is 7.27. The molecule has 0 saturated heterocycles. The molecule has 0 N–H and O–H groups in total. The Balaban J connectivity index is 2.25. The largest absolute Gasteiger partial charge is 0.290 e. The number of aryl methyl sites for hydroxylation is 1. The Bertz CT molecular complexity index is 1060. The number of pyridine rings is 1. The molecule has 3 aromatic rings. The number of imidazole rings is 1. The van der Waals surface area contributed by atoms with Crippen LogP contribution < -0.4 is 0 Å². The van der Waals surface area contributed by atoms with Gasteiger partial charge in [-0.25, -0.2) is 15.0 Å². The molecule has 0 aliphatic carbocycles. The first-order valence-electron chi connectivity index (χ1n) is 9.93. The van der Waals surface area contributed by atoms with Crippen molar-refractivity contribution >= 4 is 17.0 Å². The van der Waals surface area contributed by atoms with Crippen molar-refractivity contribution < 1.29 is 0 Å². The molecule has 4 heteroatoms. The fraction of sp³-hybridized carbons (Fsp3) is 0.240. The minimum absolute atomic E-state index is 0.384. The van der Waals surface area contributed by atoms with E-state index in [4.69, 9.17) is 4.99 Å². The van der Waals surface area contributed by atoms with E-state index < -0.39 is 0 Å². The van der Waals surface area contributed by atoms with Crippen LogP contribution >= 0.6 is 0 Å². The van der Waals surface area contributed by atoms with Gasteiger partial charge in [0.2, 0.25) is 0 Å². The smallest absolute Gasteiger partial charge is 0.147 e. The monoisotopic (exact) mass is 384 g/mol. The van der Waals surface area contributed by atoms with Crippen molar-refractivity contribution in [1.29, 1.82) is 0 Å². The second-order valence-corrected chi connectivity index (χ2v) is 7.41. The maximum Gasteiger partial charge on any atom is 0.147 e. The van der Waals surface area contributed by atoms with Gasteiger partial charge in [-0.2, -0.15) is 0 Å². The molecular weight excluding hydrogens is 356 g/mol. The van der Waals surface area contributed by atoms with Crippen LogP contribution in [-0.2, 0) is 6.42 Å². The zero-order valence-electron chi connectivity index (χ0n) is 17.7. The molecule has 0 fully saturated rings. The molecule has 2 aromatic heterocycles. The molecule has 4 nitrogen and oxygen atoms in total. The first kappa shape index (κ1) is 20.5. The van der Waals surface area contributed by atoms with E-state index >= 15 is 0 Å². The average Bonchev–Trinajstić information content (AvgIpc) is 3.25. The molecule has 0 aliphatic heterocycles. The second kappa shape index (κ2) is 8.82. The molecule has 0 radical (unpaired) electrons. The Morgan fingerprint density at radius 2 is 2.07 bits per heavy atom. The van der Waals surface area contributed by atoms with Crippen molar-refractivity contribution in [2.75, 3.05) is 0 Å². The fourth-order valence-electron chi connectivity index (χ4n) is 3.45. The van der Waals surface area contributed by atoms with E-state index in [2.05, 4.69) is 56.0 Å². The molecule has 0 amide bonds. The lowest BCUT2D eigenvalue weighted by atomic mass is 9.89. The molecular formula is C25H28N4. The third-order valence-corrected chi connectivity index (χ3v) is 4.91. The molecule has 148 valence electrons. The fourth-order valence-corrected chi connectivity index (χ4v) is 3.45. The van der Waals surface area contributed by atoms with Crippen LogP contribution in [-0.4, -0.2) is 20.2 Å². The Morgan fingerprint density at radius 3 is 2.66 bits per heavy atom. The van der Waals surface area contributed by atoms with Gasteiger partial charge in [-0.1, -0.05) is 40.0 Å². The Morgan fingerprint density at radius 1 is 1.28 bits per heavy atom. The maximum absolute atomic E-state index is 5.05. The number of nitrogens with zero attached hydrogens (tertiary/aromatic N) is 4. The summed E-state index contributed by atoms with van der Waals surface area (Å²) in [7, 11) is 0. The lowest BCUT2D eigenvalue weighted by molar-refractivity contribution is 0.858. The van der Waals surface area contributed by atoms with Crippen LogP contribution in [0.4, 0.5) is 5.69 Å². The number of allylic oxidation sites excluding steroid dienone is 2. The maximum atomic E-state index is 5.05. The minimum atomic E-state index is 0.384. The van der Waals surface area contributed by atoms with E-state index in [-0.39, 0.29) is 0 Å². The zero-order valence-corrected chi connectivity index (χ0v) is 17.7. The molecule has 0 aliphatic rings. The highest BCUT2D eigenvalue weighted by Crippen LogP contribution is 2.35. The van der Waals surface area contributed by atoms with Crippen LogP contribution in [0.1, 0.15) is 55.9 Å². The van der Waals surface area contributed by atoms with Crippen molar-refractivity contribution in [3.05, 3.63) is 90.7 Å². The molecule has 0 spiro atoms. The number of aromatic nitrogens is 3. The first-order chi connectivity index (χ1) is 14.0. The Labute approximate surface area is 173 Å². The van der Waals surface area contributed by atoms with Gasteiger partial charge in [0.15, 0.2) is 0 Å². The molecule has 0 atom stereocenters. The van der Waals surface area contributed by atoms with Crippen molar-refractivity contribution in [3.8, 4) is 5.82 Å². The number of aliphatic imine (C=N–C) groups is 1. The summed E-state index contributed by atoms with van der Waals surface area (Å²) in [5.74, 6) is 1.16.